The van der Waals surface area contributed by atoms with E-state index >= 15 is 0 Å². The van der Waals surface area contributed by atoms with Gasteiger partial charge in [0.2, 0.25) is 0 Å². The summed E-state index contributed by atoms with van der Waals surface area (Å²) in [5.41, 5.74) is 0.226. The monoisotopic (exact) mass is 347 g/mol. The molecule has 3 rings (SSSR count). The van der Waals surface area contributed by atoms with Crippen molar-refractivity contribution in [1.29, 1.82) is 0 Å². The summed E-state index contributed by atoms with van der Waals surface area (Å²) in [5, 5.41) is 10.5. The maximum absolute atomic E-state index is 12.4. The number of methoxy groups -OCH3 is 1. The number of nitrogens with zero attached hydrogens (tertiary/aromatic N) is 1. The highest BCUT2D eigenvalue weighted by atomic mass is 16.7. The maximum Gasteiger partial charge on any atom is 0.262 e. The van der Waals surface area contributed by atoms with Crippen LogP contribution in [0.15, 0.2) is 29.8 Å². The largest absolute Gasteiger partial charge is 0.506 e. The number of hydrogen-bond acceptors (Lipinski definition) is 6. The molecule has 0 radical (unpaired) electrons. The van der Waals surface area contributed by atoms with Crippen molar-refractivity contribution in [2.75, 3.05) is 33.7 Å². The van der Waals surface area contributed by atoms with Gasteiger partial charge in [0.1, 0.15) is 17.1 Å². The van der Waals surface area contributed by atoms with E-state index in [0.29, 0.717) is 24.5 Å². The van der Waals surface area contributed by atoms with Gasteiger partial charge in [-0.15, -0.1) is 0 Å². The first kappa shape index (κ1) is 17.4. The molecule has 7 nitrogen and oxygen atoms in total. The maximum atomic E-state index is 12.4. The Hall–Kier alpha value is -2.38. The number of likely N-dealkylation sites (tertiary alicyclic amines) is 1. The highest BCUT2D eigenvalue weighted by Gasteiger charge is 2.43. The van der Waals surface area contributed by atoms with Crippen molar-refractivity contribution in [3.05, 3.63) is 35.4 Å². The van der Waals surface area contributed by atoms with E-state index in [9.17, 15) is 14.7 Å². The standard InChI is InChI=1S/C18H21NO6/c1-23-7-8-24-11-25-14-4-2-3-12(9-14)17(21)16-15(20)10-19(18(16)22)13-5-6-13/h2-4,9,13,21H,5-8,10-11H2,1H3/b17-16+. The number of Topliss-reactive ketones (excluding diaryl/α,β-unsaturated/α-hetero) is 1. The summed E-state index contributed by atoms with van der Waals surface area (Å²) in [6.45, 7) is 0.966. The smallest absolute Gasteiger partial charge is 0.262 e. The molecule has 1 saturated heterocycles. The van der Waals surface area contributed by atoms with E-state index in [1.54, 1.807) is 31.4 Å². The summed E-state index contributed by atoms with van der Waals surface area (Å²) in [6.07, 6.45) is 1.83. The first-order valence-electron chi connectivity index (χ1n) is 8.19. The molecule has 0 bridgehead atoms. The molecule has 0 atom stereocenters. The number of ether oxygens (including phenoxy) is 3. The van der Waals surface area contributed by atoms with Crippen LogP contribution in [0.2, 0.25) is 0 Å². The zero-order chi connectivity index (χ0) is 17.8. The molecule has 1 aliphatic carbocycles. The summed E-state index contributed by atoms with van der Waals surface area (Å²) in [5.74, 6) is -0.564. The van der Waals surface area contributed by atoms with Crippen molar-refractivity contribution in [2.24, 2.45) is 0 Å². The molecule has 0 aromatic heterocycles. The highest BCUT2D eigenvalue weighted by Crippen LogP contribution is 2.33. The lowest BCUT2D eigenvalue weighted by Gasteiger charge is -2.12. The minimum atomic E-state index is -0.390. The Labute approximate surface area is 145 Å². The minimum Gasteiger partial charge on any atom is -0.506 e. The molecule has 2 fully saturated rings. The first-order valence-corrected chi connectivity index (χ1v) is 8.19. The molecule has 134 valence electrons. The summed E-state index contributed by atoms with van der Waals surface area (Å²) in [7, 11) is 1.58. The van der Waals surface area contributed by atoms with Crippen LogP contribution in [-0.2, 0) is 19.1 Å². The number of benzene rings is 1. The lowest BCUT2D eigenvalue weighted by atomic mass is 10.1. The molecule has 1 N–H and O–H groups in total. The number of aliphatic hydroxyl groups is 1. The van der Waals surface area contributed by atoms with Gasteiger partial charge >= 0.3 is 0 Å². The molecule has 1 amide bonds. The van der Waals surface area contributed by atoms with Crippen molar-refractivity contribution >= 4 is 17.4 Å². The predicted octanol–water partition coefficient (Wildman–Crippen LogP) is 1.53. The second-order valence-corrected chi connectivity index (χ2v) is 6.00. The van der Waals surface area contributed by atoms with Gasteiger partial charge in [-0.25, -0.2) is 0 Å². The van der Waals surface area contributed by atoms with Gasteiger partial charge in [0.25, 0.3) is 5.91 Å². The molecular formula is C18H21NO6. The Morgan fingerprint density at radius 1 is 1.28 bits per heavy atom. The predicted molar refractivity (Wildman–Crippen MR) is 89.1 cm³/mol. The van der Waals surface area contributed by atoms with Gasteiger partial charge in [0.05, 0.1) is 19.8 Å². The average molecular weight is 347 g/mol. The minimum absolute atomic E-state index is 0.0392. The third kappa shape index (κ3) is 4.00. The van der Waals surface area contributed by atoms with Crippen molar-refractivity contribution in [3.63, 3.8) is 0 Å². The van der Waals surface area contributed by atoms with Crippen LogP contribution >= 0.6 is 0 Å². The van der Waals surface area contributed by atoms with E-state index in [0.717, 1.165) is 12.8 Å². The summed E-state index contributed by atoms with van der Waals surface area (Å²) >= 11 is 0. The summed E-state index contributed by atoms with van der Waals surface area (Å²) in [6, 6.07) is 6.72. The fourth-order valence-corrected chi connectivity index (χ4v) is 2.67. The normalized spacial score (nSPS) is 19.5. The number of carbonyl (C=O) groups is 2. The van der Waals surface area contributed by atoms with E-state index in [-0.39, 0.29) is 42.4 Å². The molecule has 1 aliphatic heterocycles. The third-order valence-corrected chi connectivity index (χ3v) is 4.14. The van der Waals surface area contributed by atoms with Crippen molar-refractivity contribution in [1.82, 2.24) is 4.90 Å². The van der Waals surface area contributed by atoms with Crippen molar-refractivity contribution in [3.8, 4) is 5.75 Å². The van der Waals surface area contributed by atoms with E-state index in [2.05, 4.69) is 0 Å². The van der Waals surface area contributed by atoms with Gasteiger partial charge in [-0.2, -0.15) is 0 Å². The van der Waals surface area contributed by atoms with E-state index in [1.807, 2.05) is 0 Å². The first-order chi connectivity index (χ1) is 12.1. The quantitative estimate of drug-likeness (QED) is 0.252. The van der Waals surface area contributed by atoms with Gasteiger partial charge in [0.15, 0.2) is 12.6 Å². The van der Waals surface area contributed by atoms with Crippen LogP contribution in [0.4, 0.5) is 0 Å². The van der Waals surface area contributed by atoms with Crippen molar-refractivity contribution < 1.29 is 28.9 Å². The Kier molecular flexibility index (Phi) is 5.35. The van der Waals surface area contributed by atoms with Gasteiger partial charge in [0, 0.05) is 18.7 Å². The van der Waals surface area contributed by atoms with Crippen LogP contribution in [0.1, 0.15) is 18.4 Å². The average Bonchev–Trinajstić information content (AvgIpc) is 3.40. The molecule has 25 heavy (non-hydrogen) atoms. The van der Waals surface area contributed by atoms with E-state index in [4.69, 9.17) is 14.2 Å². The molecule has 0 spiro atoms. The van der Waals surface area contributed by atoms with Crippen LogP contribution in [0, 0.1) is 0 Å². The molecule has 2 aliphatic rings. The third-order valence-electron chi connectivity index (χ3n) is 4.14. The van der Waals surface area contributed by atoms with Gasteiger partial charge in [-0.05, 0) is 25.0 Å². The molecule has 1 heterocycles. The second-order valence-electron chi connectivity index (χ2n) is 6.00. The van der Waals surface area contributed by atoms with Crippen LogP contribution in [-0.4, -0.2) is 61.4 Å². The lowest BCUT2D eigenvalue weighted by Crippen LogP contribution is -2.27. The summed E-state index contributed by atoms with van der Waals surface area (Å²) < 4.78 is 15.5. The van der Waals surface area contributed by atoms with Crippen molar-refractivity contribution in [2.45, 2.75) is 18.9 Å². The van der Waals surface area contributed by atoms with E-state index in [1.165, 1.54) is 4.90 Å². The van der Waals surface area contributed by atoms with E-state index < -0.39 is 0 Å². The summed E-state index contributed by atoms with van der Waals surface area (Å²) in [4.78, 5) is 26.1. The second kappa shape index (κ2) is 7.67. The highest BCUT2D eigenvalue weighted by molar-refractivity contribution is 6.28. The van der Waals surface area contributed by atoms with Crippen LogP contribution in [0.25, 0.3) is 5.76 Å². The number of ketones is 1. The fraction of sp³-hybridized carbons (Fsp3) is 0.444. The van der Waals surface area contributed by atoms with Crippen LogP contribution in [0.5, 0.6) is 5.75 Å². The lowest BCUT2D eigenvalue weighted by molar-refractivity contribution is -0.125. The molecule has 7 heteroatoms. The Morgan fingerprint density at radius 3 is 2.80 bits per heavy atom. The van der Waals surface area contributed by atoms with Crippen LogP contribution < -0.4 is 4.74 Å². The van der Waals surface area contributed by atoms with Crippen LogP contribution in [0.3, 0.4) is 0 Å². The SMILES string of the molecule is COCCOCOc1cccc(/C(O)=C2/C(=O)CN(C3CC3)C2=O)c1. The number of rotatable bonds is 8. The number of hydrogen-bond donors (Lipinski definition) is 1. The molecular weight excluding hydrogens is 326 g/mol. The van der Waals surface area contributed by atoms with Gasteiger partial charge in [-0.3, -0.25) is 9.59 Å². The Balaban J connectivity index is 1.71. The molecule has 1 aromatic rings. The Morgan fingerprint density at radius 2 is 2.08 bits per heavy atom. The molecule has 1 aromatic carbocycles. The fourth-order valence-electron chi connectivity index (χ4n) is 2.67. The number of aliphatic hydroxyl groups excluding tert-OH is 1. The van der Waals surface area contributed by atoms with Gasteiger partial charge < -0.3 is 24.2 Å². The zero-order valence-electron chi connectivity index (χ0n) is 14.1. The number of carbonyl (C=O) groups excluding carboxylic acids is 2. The zero-order valence-corrected chi connectivity index (χ0v) is 14.1. The molecule has 0 unspecified atom stereocenters. The van der Waals surface area contributed by atoms with Gasteiger partial charge in [-0.1, -0.05) is 12.1 Å². The Bertz CT molecular complexity index is 695. The molecule has 1 saturated carbocycles. The topological polar surface area (TPSA) is 85.3 Å². The number of amides is 1.